The van der Waals surface area contributed by atoms with E-state index in [0.29, 0.717) is 0 Å². The maximum absolute atomic E-state index is 11.2. The van der Waals surface area contributed by atoms with Crippen molar-refractivity contribution in [3.63, 3.8) is 0 Å². The van der Waals surface area contributed by atoms with E-state index >= 15 is 0 Å². The molecule has 30 heavy (non-hydrogen) atoms. The van der Waals surface area contributed by atoms with Crippen molar-refractivity contribution in [1.29, 1.82) is 0 Å². The quantitative estimate of drug-likeness (QED) is 0.141. The first kappa shape index (κ1) is 27.0. The van der Waals surface area contributed by atoms with Crippen molar-refractivity contribution in [1.82, 2.24) is 0 Å². The molecular formula is C23H42O6Si. The van der Waals surface area contributed by atoms with E-state index in [4.69, 9.17) is 19.0 Å². The number of carbonyl (C=O) groups is 1. The molecule has 0 amide bonds. The smallest absolute Gasteiger partial charge is 0.328 e. The van der Waals surface area contributed by atoms with E-state index in [2.05, 4.69) is 46.0 Å². The van der Waals surface area contributed by atoms with Crippen LogP contribution in [0.1, 0.15) is 52.9 Å². The molecule has 1 rings (SSSR count). The molecule has 0 aliphatic heterocycles. The lowest BCUT2D eigenvalue weighted by atomic mass is 9.90. The van der Waals surface area contributed by atoms with E-state index in [1.54, 1.807) is 13.2 Å². The number of hydrogen-bond acceptors (Lipinski definition) is 5. The van der Waals surface area contributed by atoms with Gasteiger partial charge in [-0.2, -0.15) is 0 Å². The van der Waals surface area contributed by atoms with Crippen LogP contribution in [0, 0.1) is 11.8 Å². The average Bonchev–Trinajstić information content (AvgIpc) is 3.05. The highest BCUT2D eigenvalue weighted by molar-refractivity contribution is 6.74. The van der Waals surface area contributed by atoms with Crippen LogP contribution in [0.2, 0.25) is 18.1 Å². The summed E-state index contributed by atoms with van der Waals surface area (Å²) in [5.74, 6) is -0.569. The Balaban J connectivity index is 3.07. The van der Waals surface area contributed by atoms with Crippen LogP contribution < -0.4 is 0 Å². The topological polar surface area (TPSA) is 85.2 Å². The van der Waals surface area contributed by atoms with Gasteiger partial charge in [0, 0.05) is 19.8 Å². The number of aliphatic hydroxyl groups excluding tert-OH is 1. The largest absolute Gasteiger partial charge is 0.478 e. The second-order valence-corrected chi connectivity index (χ2v) is 14.4. The number of carboxylic acids is 1. The van der Waals surface area contributed by atoms with Gasteiger partial charge >= 0.3 is 5.97 Å². The zero-order valence-corrected chi connectivity index (χ0v) is 20.6. The van der Waals surface area contributed by atoms with E-state index in [0.717, 1.165) is 32.1 Å². The summed E-state index contributed by atoms with van der Waals surface area (Å²) in [6.07, 6.45) is 11.5. The highest BCUT2D eigenvalue weighted by atomic mass is 28.4. The van der Waals surface area contributed by atoms with Gasteiger partial charge in [-0.15, -0.1) is 0 Å². The fourth-order valence-corrected chi connectivity index (χ4v) is 4.85. The zero-order chi connectivity index (χ0) is 22.8. The maximum Gasteiger partial charge on any atom is 0.328 e. The first-order valence-electron chi connectivity index (χ1n) is 11.0. The van der Waals surface area contributed by atoms with E-state index in [1.807, 2.05) is 0 Å². The molecule has 0 aromatic rings. The number of aliphatic hydroxyl groups is 1. The summed E-state index contributed by atoms with van der Waals surface area (Å²) in [6, 6.07) is 0. The SMILES string of the molecule is COCO[C@@H]1C[C@@H]([C@@H](/C=C/C(=O)O)O[Si](C)(C)C(C)(C)C)[C@H](/C=C/CCCCO)C1. The molecule has 0 saturated heterocycles. The minimum Gasteiger partial charge on any atom is -0.478 e. The minimum absolute atomic E-state index is 0.0303. The highest BCUT2D eigenvalue weighted by Crippen LogP contribution is 2.43. The molecule has 1 saturated carbocycles. The summed E-state index contributed by atoms with van der Waals surface area (Å²) in [7, 11) is -0.480. The molecule has 0 bridgehead atoms. The van der Waals surface area contributed by atoms with Crippen LogP contribution in [0.25, 0.3) is 0 Å². The van der Waals surface area contributed by atoms with Crippen LogP contribution in [-0.4, -0.2) is 57.2 Å². The Hall–Kier alpha value is -0.993. The van der Waals surface area contributed by atoms with Gasteiger partial charge < -0.3 is 24.1 Å². The maximum atomic E-state index is 11.2. The van der Waals surface area contributed by atoms with Crippen molar-refractivity contribution in [2.45, 2.75) is 83.2 Å². The molecule has 0 heterocycles. The van der Waals surface area contributed by atoms with Crippen LogP contribution >= 0.6 is 0 Å². The van der Waals surface area contributed by atoms with Gasteiger partial charge in [-0.25, -0.2) is 4.79 Å². The number of aliphatic carboxylic acids is 1. The van der Waals surface area contributed by atoms with Crippen molar-refractivity contribution in [2.75, 3.05) is 20.5 Å². The molecule has 0 aromatic carbocycles. The second kappa shape index (κ2) is 12.8. The molecular weight excluding hydrogens is 400 g/mol. The van der Waals surface area contributed by atoms with Gasteiger partial charge in [0.1, 0.15) is 6.79 Å². The third-order valence-electron chi connectivity index (χ3n) is 6.29. The standard InChI is InChI=1S/C23H42O6Si/c1-23(2,3)30(5,6)29-21(12-13-22(25)26)20-16-19(28-17-27-4)15-18(20)11-9-7-8-10-14-24/h9,11-13,18-21,24H,7-8,10,14-17H2,1-6H3,(H,25,26)/b11-9+,13-12+/t18-,19+,20-,21-/m1/s1. The molecule has 0 unspecified atom stereocenters. The van der Waals surface area contributed by atoms with Gasteiger partial charge in [0.15, 0.2) is 8.32 Å². The number of allylic oxidation sites excluding steroid dienone is 2. The van der Waals surface area contributed by atoms with E-state index in [1.165, 1.54) is 6.08 Å². The highest BCUT2D eigenvalue weighted by Gasteiger charge is 2.44. The Morgan fingerprint density at radius 2 is 1.93 bits per heavy atom. The van der Waals surface area contributed by atoms with Gasteiger partial charge in [-0.3, -0.25) is 0 Å². The lowest BCUT2D eigenvalue weighted by Gasteiger charge is -2.41. The minimum atomic E-state index is -2.09. The predicted molar refractivity (Wildman–Crippen MR) is 122 cm³/mol. The third-order valence-corrected chi connectivity index (χ3v) is 10.8. The summed E-state index contributed by atoms with van der Waals surface area (Å²) in [5, 5.41) is 18.2. The van der Waals surface area contributed by atoms with Crippen LogP contribution in [0.5, 0.6) is 0 Å². The third kappa shape index (κ3) is 9.02. The number of carboxylic acid groups (broad SMARTS) is 1. The Kier molecular flexibility index (Phi) is 11.5. The molecule has 0 radical (unpaired) electrons. The summed E-state index contributed by atoms with van der Waals surface area (Å²) in [6.45, 7) is 11.4. The van der Waals surface area contributed by atoms with Crippen LogP contribution in [0.3, 0.4) is 0 Å². The van der Waals surface area contributed by atoms with Crippen LogP contribution in [-0.2, 0) is 18.7 Å². The van der Waals surface area contributed by atoms with Crippen molar-refractivity contribution < 1.29 is 28.9 Å². The van der Waals surface area contributed by atoms with E-state index in [9.17, 15) is 9.90 Å². The summed E-state index contributed by atoms with van der Waals surface area (Å²) in [5.41, 5.74) is 0. The lowest BCUT2D eigenvalue weighted by molar-refractivity contribution is -0.131. The second-order valence-electron chi connectivity index (χ2n) is 9.68. The van der Waals surface area contributed by atoms with Crippen molar-refractivity contribution in [3.05, 3.63) is 24.3 Å². The van der Waals surface area contributed by atoms with E-state index < -0.39 is 14.3 Å². The van der Waals surface area contributed by atoms with Gasteiger partial charge in [0.25, 0.3) is 0 Å². The number of rotatable bonds is 13. The number of methoxy groups -OCH3 is 1. The fraction of sp³-hybridized carbons (Fsp3) is 0.783. The normalized spacial score (nSPS) is 24.2. The molecule has 7 heteroatoms. The van der Waals surface area contributed by atoms with Gasteiger partial charge in [-0.05, 0) is 68.1 Å². The van der Waals surface area contributed by atoms with Gasteiger partial charge in [0.2, 0.25) is 0 Å². The Morgan fingerprint density at radius 1 is 1.23 bits per heavy atom. The monoisotopic (exact) mass is 442 g/mol. The van der Waals surface area contributed by atoms with Crippen LogP contribution in [0.15, 0.2) is 24.3 Å². The first-order chi connectivity index (χ1) is 14.0. The molecule has 0 aromatic heterocycles. The first-order valence-corrected chi connectivity index (χ1v) is 13.9. The van der Waals surface area contributed by atoms with Gasteiger partial charge in [-0.1, -0.05) is 32.9 Å². The molecule has 6 nitrogen and oxygen atoms in total. The summed E-state index contributed by atoms with van der Waals surface area (Å²) < 4.78 is 17.6. The summed E-state index contributed by atoms with van der Waals surface area (Å²) in [4.78, 5) is 11.2. The average molecular weight is 443 g/mol. The van der Waals surface area contributed by atoms with E-state index in [-0.39, 0.29) is 42.5 Å². The Morgan fingerprint density at radius 3 is 2.50 bits per heavy atom. The Labute approximate surface area is 183 Å². The van der Waals surface area contributed by atoms with Crippen LogP contribution in [0.4, 0.5) is 0 Å². The van der Waals surface area contributed by atoms with Crippen molar-refractivity contribution in [3.8, 4) is 0 Å². The Bertz CT molecular complexity index is 567. The zero-order valence-electron chi connectivity index (χ0n) is 19.6. The fourth-order valence-electron chi connectivity index (χ4n) is 3.56. The predicted octanol–water partition coefficient (Wildman–Crippen LogP) is 4.75. The lowest BCUT2D eigenvalue weighted by Crippen LogP contribution is -2.45. The molecule has 1 aliphatic carbocycles. The van der Waals surface area contributed by atoms with Gasteiger partial charge in [0.05, 0.1) is 12.2 Å². The number of unbranched alkanes of at least 4 members (excludes halogenated alkanes) is 2. The summed E-state index contributed by atoms with van der Waals surface area (Å²) >= 11 is 0. The molecule has 1 aliphatic rings. The number of hydrogen-bond donors (Lipinski definition) is 2. The molecule has 2 N–H and O–H groups in total. The molecule has 4 atom stereocenters. The molecule has 174 valence electrons. The molecule has 0 spiro atoms. The van der Waals surface area contributed by atoms with Crippen molar-refractivity contribution >= 4 is 14.3 Å². The molecule has 1 fully saturated rings. The van der Waals surface area contributed by atoms with Crippen molar-refractivity contribution in [2.24, 2.45) is 11.8 Å². The number of ether oxygens (including phenoxy) is 2.